The third kappa shape index (κ3) is 3.44. The maximum atomic E-state index is 12.8. The number of hydrogen-bond donors (Lipinski definition) is 3. The van der Waals surface area contributed by atoms with Crippen LogP contribution in [0.3, 0.4) is 0 Å². The maximum Gasteiger partial charge on any atom is 0.325 e. The van der Waals surface area contributed by atoms with Gasteiger partial charge in [0, 0.05) is 12.6 Å². The van der Waals surface area contributed by atoms with E-state index < -0.39 is 11.6 Å². The third-order valence-corrected chi connectivity index (χ3v) is 5.55. The number of carbonyl (C=O) groups is 3. The fraction of sp³-hybridized carbons (Fsp3) is 0.526. The molecule has 7 nitrogen and oxygen atoms in total. The van der Waals surface area contributed by atoms with Crippen molar-refractivity contribution in [3.05, 3.63) is 35.9 Å². The number of nitrogens with two attached hydrogens (primary N) is 1. The second-order valence-corrected chi connectivity index (χ2v) is 7.26. The summed E-state index contributed by atoms with van der Waals surface area (Å²) in [6.07, 6.45) is 3.50. The first-order valence-electron chi connectivity index (χ1n) is 9.15. The Morgan fingerprint density at radius 3 is 2.77 bits per heavy atom. The molecule has 4 amide bonds. The number of carbonyl (C=O) groups excluding carboxylic acids is 3. The molecule has 1 heterocycles. The molecule has 1 saturated heterocycles. The third-order valence-electron chi connectivity index (χ3n) is 5.55. The van der Waals surface area contributed by atoms with Crippen molar-refractivity contribution < 1.29 is 14.4 Å². The number of nitrogens with zero attached hydrogens (tertiary/aromatic N) is 1. The normalized spacial score (nSPS) is 26.7. The van der Waals surface area contributed by atoms with Gasteiger partial charge >= 0.3 is 6.03 Å². The van der Waals surface area contributed by atoms with Crippen LogP contribution in [0.5, 0.6) is 0 Å². The van der Waals surface area contributed by atoms with Crippen LogP contribution in [0.15, 0.2) is 30.3 Å². The molecule has 0 radical (unpaired) electrons. The van der Waals surface area contributed by atoms with Gasteiger partial charge in [-0.2, -0.15) is 0 Å². The first-order chi connectivity index (χ1) is 12.4. The van der Waals surface area contributed by atoms with E-state index >= 15 is 0 Å². The smallest absolute Gasteiger partial charge is 0.325 e. The van der Waals surface area contributed by atoms with Crippen LogP contribution in [0.1, 0.15) is 44.2 Å². The SMILES string of the molecule is CC1CCCCC12NC(=O)N(CC(=O)NCC(N)c1ccccc1)C2=O. The van der Waals surface area contributed by atoms with Crippen molar-refractivity contribution >= 4 is 17.8 Å². The topological polar surface area (TPSA) is 105 Å². The van der Waals surface area contributed by atoms with E-state index in [4.69, 9.17) is 5.73 Å². The molecule has 1 spiro atoms. The van der Waals surface area contributed by atoms with E-state index in [9.17, 15) is 14.4 Å². The highest BCUT2D eigenvalue weighted by molar-refractivity contribution is 6.09. The first kappa shape index (κ1) is 18.4. The van der Waals surface area contributed by atoms with Crippen LogP contribution < -0.4 is 16.4 Å². The zero-order chi connectivity index (χ0) is 18.7. The molecule has 3 atom stereocenters. The first-order valence-corrected chi connectivity index (χ1v) is 9.15. The lowest BCUT2D eigenvalue weighted by molar-refractivity contribution is -0.137. The standard InChI is InChI=1S/C19H26N4O3/c1-13-7-5-6-10-19(13)17(25)23(18(26)22-19)12-16(24)21-11-15(20)14-8-3-2-4-9-14/h2-4,8-9,13,15H,5-7,10-12,20H2,1H3,(H,21,24)(H,22,26). The second kappa shape index (κ2) is 7.45. The molecular formula is C19H26N4O3. The predicted octanol–water partition coefficient (Wildman–Crippen LogP) is 1.30. The van der Waals surface area contributed by atoms with Crippen LogP contribution in [0.25, 0.3) is 0 Å². The fourth-order valence-electron chi connectivity index (χ4n) is 3.88. The average Bonchev–Trinajstić information content (AvgIpc) is 2.88. The van der Waals surface area contributed by atoms with Gasteiger partial charge < -0.3 is 16.4 Å². The highest BCUT2D eigenvalue weighted by Gasteiger charge is 2.55. The van der Waals surface area contributed by atoms with Crippen LogP contribution in [-0.4, -0.2) is 41.4 Å². The minimum Gasteiger partial charge on any atom is -0.353 e. The van der Waals surface area contributed by atoms with Gasteiger partial charge in [-0.05, 0) is 24.3 Å². The number of rotatable bonds is 5. The summed E-state index contributed by atoms with van der Waals surface area (Å²) >= 11 is 0. The van der Waals surface area contributed by atoms with Gasteiger partial charge in [0.2, 0.25) is 5.91 Å². The average molecular weight is 358 g/mol. The number of imide groups is 1. The fourth-order valence-corrected chi connectivity index (χ4v) is 3.88. The highest BCUT2D eigenvalue weighted by atomic mass is 16.2. The van der Waals surface area contributed by atoms with Gasteiger partial charge in [-0.1, -0.05) is 50.1 Å². The van der Waals surface area contributed by atoms with Crippen molar-refractivity contribution in [2.45, 2.75) is 44.2 Å². The van der Waals surface area contributed by atoms with Crippen LogP contribution in [-0.2, 0) is 9.59 Å². The minimum absolute atomic E-state index is 0.0762. The molecule has 1 aliphatic heterocycles. The van der Waals surface area contributed by atoms with Crippen molar-refractivity contribution in [3.8, 4) is 0 Å². The van der Waals surface area contributed by atoms with Crippen LogP contribution in [0, 0.1) is 5.92 Å². The van der Waals surface area contributed by atoms with Gasteiger partial charge in [0.15, 0.2) is 0 Å². The van der Waals surface area contributed by atoms with E-state index in [0.29, 0.717) is 6.42 Å². The van der Waals surface area contributed by atoms with Gasteiger partial charge in [-0.25, -0.2) is 4.79 Å². The van der Waals surface area contributed by atoms with Crippen LogP contribution in [0.2, 0.25) is 0 Å². The monoisotopic (exact) mass is 358 g/mol. The van der Waals surface area contributed by atoms with Crippen molar-refractivity contribution in [2.24, 2.45) is 11.7 Å². The zero-order valence-electron chi connectivity index (χ0n) is 15.0. The second-order valence-electron chi connectivity index (χ2n) is 7.26. The minimum atomic E-state index is -0.837. The summed E-state index contributed by atoms with van der Waals surface area (Å²) < 4.78 is 0. The molecule has 0 aromatic heterocycles. The molecule has 3 unspecified atom stereocenters. The Labute approximate surface area is 153 Å². The zero-order valence-corrected chi connectivity index (χ0v) is 15.0. The van der Waals surface area contributed by atoms with E-state index in [1.807, 2.05) is 37.3 Å². The maximum absolute atomic E-state index is 12.8. The van der Waals surface area contributed by atoms with Gasteiger partial charge in [0.1, 0.15) is 12.1 Å². The Bertz CT molecular complexity index is 693. The number of urea groups is 1. The van der Waals surface area contributed by atoms with Gasteiger partial charge in [-0.15, -0.1) is 0 Å². The molecule has 1 saturated carbocycles. The lowest BCUT2D eigenvalue weighted by Crippen LogP contribution is -2.54. The summed E-state index contributed by atoms with van der Waals surface area (Å²) in [6.45, 7) is 1.95. The molecule has 7 heteroatoms. The van der Waals surface area contributed by atoms with Gasteiger partial charge in [0.05, 0.1) is 0 Å². The quantitative estimate of drug-likeness (QED) is 0.690. The summed E-state index contributed by atoms with van der Waals surface area (Å²) in [5.41, 5.74) is 6.14. The van der Waals surface area contributed by atoms with Crippen LogP contribution >= 0.6 is 0 Å². The largest absolute Gasteiger partial charge is 0.353 e. The molecule has 0 bridgehead atoms. The lowest BCUT2D eigenvalue weighted by atomic mass is 9.73. The molecule has 2 fully saturated rings. The van der Waals surface area contributed by atoms with Crippen molar-refractivity contribution in [3.63, 3.8) is 0 Å². The van der Waals surface area contributed by atoms with Crippen molar-refractivity contribution in [1.82, 2.24) is 15.5 Å². The molecule has 1 aliphatic carbocycles. The summed E-state index contributed by atoms with van der Waals surface area (Å²) in [5.74, 6) is -0.593. The molecule has 1 aromatic carbocycles. The summed E-state index contributed by atoms with van der Waals surface area (Å²) in [4.78, 5) is 38.4. The summed E-state index contributed by atoms with van der Waals surface area (Å²) in [5, 5.41) is 5.56. The van der Waals surface area contributed by atoms with Gasteiger partial charge in [0.25, 0.3) is 5.91 Å². The Morgan fingerprint density at radius 2 is 2.08 bits per heavy atom. The number of hydrogen-bond acceptors (Lipinski definition) is 4. The number of nitrogens with one attached hydrogen (secondary N) is 2. The van der Waals surface area contributed by atoms with Gasteiger partial charge in [-0.3, -0.25) is 14.5 Å². The Hall–Kier alpha value is -2.41. The number of benzene rings is 1. The lowest BCUT2D eigenvalue weighted by Gasteiger charge is -2.36. The Balaban J connectivity index is 1.57. The van der Waals surface area contributed by atoms with E-state index in [0.717, 1.165) is 29.7 Å². The predicted molar refractivity (Wildman–Crippen MR) is 97.0 cm³/mol. The van der Waals surface area contributed by atoms with E-state index in [1.165, 1.54) is 0 Å². The molecule has 2 aliphatic rings. The molecule has 4 N–H and O–H groups in total. The molecule has 140 valence electrons. The molecule has 3 rings (SSSR count). The number of amides is 4. The van der Waals surface area contributed by atoms with E-state index in [-0.39, 0.29) is 36.9 Å². The molecular weight excluding hydrogens is 332 g/mol. The molecule has 1 aromatic rings. The summed E-state index contributed by atoms with van der Waals surface area (Å²) in [7, 11) is 0. The highest BCUT2D eigenvalue weighted by Crippen LogP contribution is 2.38. The molecule has 26 heavy (non-hydrogen) atoms. The Kier molecular flexibility index (Phi) is 5.27. The Morgan fingerprint density at radius 1 is 1.35 bits per heavy atom. The van der Waals surface area contributed by atoms with Crippen molar-refractivity contribution in [1.29, 1.82) is 0 Å². The van der Waals surface area contributed by atoms with Crippen LogP contribution in [0.4, 0.5) is 4.79 Å². The summed E-state index contributed by atoms with van der Waals surface area (Å²) in [6, 6.07) is 8.63. The van der Waals surface area contributed by atoms with E-state index in [2.05, 4.69) is 10.6 Å². The van der Waals surface area contributed by atoms with E-state index in [1.54, 1.807) is 0 Å². The van der Waals surface area contributed by atoms with Crippen molar-refractivity contribution in [2.75, 3.05) is 13.1 Å².